The lowest BCUT2D eigenvalue weighted by Gasteiger charge is -2.20. The van der Waals surface area contributed by atoms with Gasteiger partial charge in [0.15, 0.2) is 6.61 Å². The summed E-state index contributed by atoms with van der Waals surface area (Å²) in [5.41, 5.74) is -0.417. The minimum Gasteiger partial charge on any atom is -0.482 e. The van der Waals surface area contributed by atoms with Gasteiger partial charge in [0.2, 0.25) is 0 Å². The van der Waals surface area contributed by atoms with Crippen molar-refractivity contribution in [1.82, 2.24) is 5.32 Å². The highest BCUT2D eigenvalue weighted by molar-refractivity contribution is 9.10. The van der Waals surface area contributed by atoms with Crippen LogP contribution in [0, 0.1) is 5.82 Å². The van der Waals surface area contributed by atoms with E-state index in [1.165, 1.54) is 0 Å². The Balaban J connectivity index is 2.87. The van der Waals surface area contributed by atoms with E-state index in [1.54, 1.807) is 20.8 Å². The van der Waals surface area contributed by atoms with Crippen molar-refractivity contribution in [2.75, 3.05) is 6.61 Å². The Morgan fingerprint density at radius 3 is 2.48 bits per heavy atom. The zero-order valence-electron chi connectivity index (χ0n) is 11.5. The van der Waals surface area contributed by atoms with Crippen LogP contribution in [0.4, 0.5) is 4.39 Å². The molecule has 1 rings (SSSR count). The summed E-state index contributed by atoms with van der Waals surface area (Å²) >= 11 is 3.04. The molecule has 9 heteroatoms. The molecule has 21 heavy (non-hydrogen) atoms. The fourth-order valence-corrected chi connectivity index (χ4v) is 2.92. The van der Waals surface area contributed by atoms with Crippen LogP contribution in [0.5, 0.6) is 5.75 Å². The highest BCUT2D eigenvalue weighted by atomic mass is 79.9. The van der Waals surface area contributed by atoms with Crippen molar-refractivity contribution >= 4 is 41.6 Å². The van der Waals surface area contributed by atoms with E-state index in [4.69, 9.17) is 15.4 Å². The lowest BCUT2D eigenvalue weighted by atomic mass is 10.1. The van der Waals surface area contributed by atoms with Crippen molar-refractivity contribution in [3.63, 3.8) is 0 Å². The Morgan fingerprint density at radius 1 is 1.43 bits per heavy atom. The molecule has 0 saturated carbocycles. The zero-order chi connectivity index (χ0) is 16.4. The Labute approximate surface area is 135 Å². The molecule has 1 aromatic rings. The number of halogens is 3. The van der Waals surface area contributed by atoms with Crippen molar-refractivity contribution in [3.05, 3.63) is 22.4 Å². The lowest BCUT2D eigenvalue weighted by molar-refractivity contribution is -0.124. The molecule has 118 valence electrons. The molecule has 1 amide bonds. The Hall–Kier alpha value is -0.860. The van der Waals surface area contributed by atoms with Crippen LogP contribution in [-0.2, 0) is 13.8 Å². The highest BCUT2D eigenvalue weighted by Gasteiger charge is 2.20. The van der Waals surface area contributed by atoms with Gasteiger partial charge in [-0.15, -0.1) is 0 Å². The molecule has 0 spiro atoms. The van der Waals surface area contributed by atoms with Gasteiger partial charge in [-0.3, -0.25) is 4.79 Å². The van der Waals surface area contributed by atoms with Gasteiger partial charge in [-0.2, -0.15) is 0 Å². The molecule has 0 atom stereocenters. The molecule has 0 unspecified atom stereocenters. The molecule has 0 fully saturated rings. The van der Waals surface area contributed by atoms with Gasteiger partial charge in [0, 0.05) is 22.3 Å². The topological polar surface area (TPSA) is 72.5 Å². The second-order valence-corrected chi connectivity index (χ2v) is 8.63. The van der Waals surface area contributed by atoms with Crippen molar-refractivity contribution < 1.29 is 22.3 Å². The molecule has 0 aliphatic rings. The van der Waals surface area contributed by atoms with E-state index in [9.17, 15) is 17.6 Å². The van der Waals surface area contributed by atoms with E-state index in [0.29, 0.717) is 0 Å². The largest absolute Gasteiger partial charge is 0.482 e. The van der Waals surface area contributed by atoms with E-state index in [1.807, 2.05) is 0 Å². The third kappa shape index (κ3) is 5.80. The van der Waals surface area contributed by atoms with Gasteiger partial charge in [0.05, 0.1) is 4.47 Å². The summed E-state index contributed by atoms with van der Waals surface area (Å²) in [6, 6.07) is 1.83. The van der Waals surface area contributed by atoms with Crippen LogP contribution in [-0.4, -0.2) is 26.5 Å². The monoisotopic (exact) mass is 401 g/mol. The van der Waals surface area contributed by atoms with Crippen molar-refractivity contribution in [2.45, 2.75) is 31.2 Å². The summed E-state index contributed by atoms with van der Waals surface area (Å²) in [4.78, 5) is 10.9. The van der Waals surface area contributed by atoms with Gasteiger partial charge in [-0.05, 0) is 42.8 Å². The molecule has 0 aromatic heterocycles. The maximum absolute atomic E-state index is 13.7. The molecule has 0 aliphatic heterocycles. The summed E-state index contributed by atoms with van der Waals surface area (Å²) in [6.45, 7) is 5.09. The summed E-state index contributed by atoms with van der Waals surface area (Å²) in [7, 11) is 0.899. The van der Waals surface area contributed by atoms with E-state index in [0.717, 1.165) is 12.1 Å². The summed E-state index contributed by atoms with van der Waals surface area (Å²) < 4.78 is 41.3. The average Bonchev–Trinajstić information content (AvgIpc) is 2.26. The highest BCUT2D eigenvalue weighted by Crippen LogP contribution is 2.31. The second-order valence-electron chi connectivity index (χ2n) is 5.24. The molecule has 5 nitrogen and oxygen atoms in total. The summed E-state index contributed by atoms with van der Waals surface area (Å²) in [6.07, 6.45) is 0. The van der Waals surface area contributed by atoms with Crippen LogP contribution in [0.25, 0.3) is 0 Å². The number of nitrogens with one attached hydrogen (secondary N) is 1. The molecule has 1 aromatic carbocycles. The maximum atomic E-state index is 13.7. The second kappa shape index (κ2) is 6.50. The van der Waals surface area contributed by atoms with E-state index in [-0.39, 0.29) is 22.7 Å². The molecule has 0 saturated heterocycles. The fraction of sp³-hybridized carbons (Fsp3) is 0.417. The molecular weight excluding hydrogens is 389 g/mol. The first-order valence-electron chi connectivity index (χ1n) is 5.77. The third-order valence-corrected chi connectivity index (χ3v) is 4.08. The van der Waals surface area contributed by atoms with Crippen LogP contribution in [0.1, 0.15) is 20.8 Å². The molecule has 0 heterocycles. The quantitative estimate of drug-likeness (QED) is 0.786. The van der Waals surface area contributed by atoms with Gasteiger partial charge in [-0.25, -0.2) is 12.8 Å². The smallest absolute Gasteiger partial charge is 0.264 e. The number of carbonyl (C=O) groups is 1. The van der Waals surface area contributed by atoms with Crippen molar-refractivity contribution in [2.24, 2.45) is 0 Å². The van der Waals surface area contributed by atoms with Gasteiger partial charge < -0.3 is 10.1 Å². The van der Waals surface area contributed by atoms with Crippen molar-refractivity contribution in [1.29, 1.82) is 0 Å². The van der Waals surface area contributed by atoms with Crippen LogP contribution < -0.4 is 10.1 Å². The van der Waals surface area contributed by atoms with Crippen LogP contribution in [0.15, 0.2) is 21.5 Å². The van der Waals surface area contributed by atoms with E-state index in [2.05, 4.69) is 21.2 Å². The van der Waals surface area contributed by atoms with Crippen LogP contribution in [0.2, 0.25) is 0 Å². The predicted molar refractivity (Wildman–Crippen MR) is 80.5 cm³/mol. The number of rotatable bonds is 4. The molecule has 0 bridgehead atoms. The van der Waals surface area contributed by atoms with Crippen LogP contribution in [0.3, 0.4) is 0 Å². The molecule has 1 N–H and O–H groups in total. The molecular formula is C12H14BrClFNO4S. The standard InChI is InChI=1S/C12H14BrClFNO4S/c1-12(2,3)16-11(17)6-20-9-5-8(15)10(4-7(9)13)21(14,18)19/h4-5H,6H2,1-3H3,(H,16,17). The number of amides is 1. The van der Waals surface area contributed by atoms with Gasteiger partial charge in [0.25, 0.3) is 15.0 Å². The van der Waals surface area contributed by atoms with Crippen molar-refractivity contribution in [3.8, 4) is 5.75 Å². The minimum absolute atomic E-state index is 0.000579. The summed E-state index contributed by atoms with van der Waals surface area (Å²) in [5, 5.41) is 2.67. The Kier molecular flexibility index (Phi) is 5.63. The molecule has 0 aliphatic carbocycles. The fourth-order valence-electron chi connectivity index (χ4n) is 1.41. The predicted octanol–water partition coefficient (Wildman–Crippen LogP) is 2.81. The number of carbonyl (C=O) groups excluding carboxylic acids is 1. The van der Waals surface area contributed by atoms with Gasteiger partial charge >= 0.3 is 0 Å². The maximum Gasteiger partial charge on any atom is 0.264 e. The first-order chi connectivity index (χ1) is 9.40. The summed E-state index contributed by atoms with van der Waals surface area (Å²) in [5.74, 6) is -1.44. The number of hydrogen-bond acceptors (Lipinski definition) is 4. The normalized spacial score (nSPS) is 12.1. The van der Waals surface area contributed by atoms with E-state index < -0.39 is 25.3 Å². The van der Waals surface area contributed by atoms with Gasteiger partial charge in [0.1, 0.15) is 16.5 Å². The zero-order valence-corrected chi connectivity index (χ0v) is 14.7. The number of hydrogen-bond donors (Lipinski definition) is 1. The Bertz CT molecular complexity index is 658. The van der Waals surface area contributed by atoms with E-state index >= 15 is 0 Å². The average molecular weight is 403 g/mol. The third-order valence-electron chi connectivity index (χ3n) is 2.12. The first kappa shape index (κ1) is 18.2. The lowest BCUT2D eigenvalue weighted by Crippen LogP contribution is -2.43. The first-order valence-corrected chi connectivity index (χ1v) is 8.88. The Morgan fingerprint density at radius 2 is 2.00 bits per heavy atom. The van der Waals surface area contributed by atoms with Crippen LogP contribution >= 0.6 is 26.6 Å². The SMILES string of the molecule is CC(C)(C)NC(=O)COc1cc(F)c(S(=O)(=O)Cl)cc1Br. The van der Waals surface area contributed by atoms with Gasteiger partial charge in [-0.1, -0.05) is 0 Å². The number of benzene rings is 1. The molecule has 0 radical (unpaired) electrons. The minimum atomic E-state index is -4.20. The number of ether oxygens (including phenoxy) is 1.